The number of aliphatic hydroxyl groups is 1. The maximum Gasteiger partial charge on any atom is 0.124 e. The summed E-state index contributed by atoms with van der Waals surface area (Å²) in [5.74, 6) is 0. The molecule has 0 saturated carbocycles. The van der Waals surface area contributed by atoms with E-state index in [1.54, 1.807) is 16.0 Å². The van der Waals surface area contributed by atoms with E-state index in [2.05, 4.69) is 21.0 Å². The summed E-state index contributed by atoms with van der Waals surface area (Å²) in [6.45, 7) is 0. The molecule has 74 valence electrons. The Morgan fingerprint density at radius 1 is 1.64 bits per heavy atom. The van der Waals surface area contributed by atoms with Crippen molar-refractivity contribution >= 4 is 27.3 Å². The van der Waals surface area contributed by atoms with Crippen LogP contribution in [0.3, 0.4) is 0 Å². The molecule has 0 aliphatic rings. The second kappa shape index (κ2) is 3.84. The van der Waals surface area contributed by atoms with Gasteiger partial charge in [0.2, 0.25) is 0 Å². The number of hydrogen-bond donors (Lipinski definition) is 1. The molecule has 1 atom stereocenters. The number of aromatic nitrogens is 2. The highest BCUT2D eigenvalue weighted by Crippen LogP contribution is 2.28. The van der Waals surface area contributed by atoms with Gasteiger partial charge in [-0.05, 0) is 39.0 Å². The van der Waals surface area contributed by atoms with Crippen molar-refractivity contribution < 1.29 is 5.11 Å². The highest BCUT2D eigenvalue weighted by molar-refractivity contribution is 9.11. The molecule has 2 aromatic rings. The standard InChI is InChI=1S/C9H9BrN2OS/c1-12-3-2-7(11-12)9(13)6-4-8(10)14-5-6/h2-5,9,13H,1H3. The fourth-order valence-corrected chi connectivity index (χ4v) is 2.41. The lowest BCUT2D eigenvalue weighted by molar-refractivity contribution is 0.215. The summed E-state index contributed by atoms with van der Waals surface area (Å²) >= 11 is 4.92. The first-order chi connectivity index (χ1) is 6.66. The molecule has 1 unspecified atom stereocenters. The summed E-state index contributed by atoms with van der Waals surface area (Å²) in [6.07, 6.45) is 1.19. The lowest BCUT2D eigenvalue weighted by Gasteiger charge is -2.03. The van der Waals surface area contributed by atoms with Gasteiger partial charge < -0.3 is 5.11 Å². The summed E-state index contributed by atoms with van der Waals surface area (Å²) in [5.41, 5.74) is 1.55. The smallest absolute Gasteiger partial charge is 0.124 e. The minimum Gasteiger partial charge on any atom is -0.382 e. The quantitative estimate of drug-likeness (QED) is 0.911. The third-order valence-electron chi connectivity index (χ3n) is 1.92. The van der Waals surface area contributed by atoms with Crippen molar-refractivity contribution in [1.82, 2.24) is 9.78 Å². The molecule has 2 aromatic heterocycles. The Hall–Kier alpha value is -0.650. The monoisotopic (exact) mass is 272 g/mol. The number of nitrogens with zero attached hydrogens (tertiary/aromatic N) is 2. The zero-order valence-electron chi connectivity index (χ0n) is 7.51. The normalized spacial score (nSPS) is 13.1. The largest absolute Gasteiger partial charge is 0.382 e. The molecule has 0 aliphatic heterocycles. The van der Waals surface area contributed by atoms with E-state index in [4.69, 9.17) is 0 Å². The summed E-state index contributed by atoms with van der Waals surface area (Å²) < 4.78 is 2.70. The van der Waals surface area contributed by atoms with E-state index in [1.807, 2.05) is 30.8 Å². The second-order valence-electron chi connectivity index (χ2n) is 3.00. The van der Waals surface area contributed by atoms with E-state index >= 15 is 0 Å². The molecule has 0 saturated heterocycles. The van der Waals surface area contributed by atoms with Crippen LogP contribution < -0.4 is 0 Å². The van der Waals surface area contributed by atoms with E-state index in [0.717, 1.165) is 9.35 Å². The molecule has 2 heterocycles. The van der Waals surface area contributed by atoms with Gasteiger partial charge in [0.1, 0.15) is 6.10 Å². The van der Waals surface area contributed by atoms with Crippen molar-refractivity contribution in [2.45, 2.75) is 6.10 Å². The van der Waals surface area contributed by atoms with Crippen LogP contribution >= 0.6 is 27.3 Å². The molecule has 0 bridgehead atoms. The Balaban J connectivity index is 2.28. The van der Waals surface area contributed by atoms with Crippen LogP contribution in [0, 0.1) is 0 Å². The first-order valence-corrected chi connectivity index (χ1v) is 5.75. The van der Waals surface area contributed by atoms with Crippen molar-refractivity contribution in [3.05, 3.63) is 38.8 Å². The van der Waals surface area contributed by atoms with Crippen molar-refractivity contribution in [3.8, 4) is 0 Å². The zero-order chi connectivity index (χ0) is 10.1. The van der Waals surface area contributed by atoms with Crippen LogP contribution in [0.2, 0.25) is 0 Å². The van der Waals surface area contributed by atoms with E-state index in [0.29, 0.717) is 5.69 Å². The number of rotatable bonds is 2. The Kier molecular flexibility index (Phi) is 2.71. The minimum atomic E-state index is -0.626. The van der Waals surface area contributed by atoms with Gasteiger partial charge in [-0.1, -0.05) is 0 Å². The van der Waals surface area contributed by atoms with Gasteiger partial charge in [-0.3, -0.25) is 4.68 Å². The second-order valence-corrected chi connectivity index (χ2v) is 5.29. The number of halogens is 1. The third-order valence-corrected chi connectivity index (χ3v) is 3.44. The van der Waals surface area contributed by atoms with Crippen LogP contribution in [-0.2, 0) is 7.05 Å². The van der Waals surface area contributed by atoms with Gasteiger partial charge in [-0.15, -0.1) is 11.3 Å². The van der Waals surface area contributed by atoms with E-state index in [9.17, 15) is 5.11 Å². The Labute approximate surface area is 94.1 Å². The molecule has 14 heavy (non-hydrogen) atoms. The molecular weight excluding hydrogens is 264 g/mol. The van der Waals surface area contributed by atoms with Crippen LogP contribution in [0.15, 0.2) is 27.5 Å². The fourth-order valence-electron chi connectivity index (χ4n) is 1.22. The predicted molar refractivity (Wildman–Crippen MR) is 59.3 cm³/mol. The van der Waals surface area contributed by atoms with Crippen LogP contribution in [-0.4, -0.2) is 14.9 Å². The van der Waals surface area contributed by atoms with Crippen LogP contribution in [0.25, 0.3) is 0 Å². The molecule has 0 spiro atoms. The maximum absolute atomic E-state index is 9.93. The molecule has 0 amide bonds. The van der Waals surface area contributed by atoms with Gasteiger partial charge in [-0.25, -0.2) is 0 Å². The zero-order valence-corrected chi connectivity index (χ0v) is 9.92. The van der Waals surface area contributed by atoms with Gasteiger partial charge in [0, 0.05) is 13.2 Å². The minimum absolute atomic E-state index is 0.626. The molecule has 0 radical (unpaired) electrons. The lowest BCUT2D eigenvalue weighted by Crippen LogP contribution is -2.00. The molecule has 5 heteroatoms. The SMILES string of the molecule is Cn1ccc(C(O)c2csc(Br)c2)n1. The summed E-state index contributed by atoms with van der Waals surface area (Å²) in [4.78, 5) is 0. The van der Waals surface area contributed by atoms with Gasteiger partial charge in [0.15, 0.2) is 0 Å². The molecule has 2 rings (SSSR count). The van der Waals surface area contributed by atoms with Gasteiger partial charge >= 0.3 is 0 Å². The molecule has 1 N–H and O–H groups in total. The van der Waals surface area contributed by atoms with Crippen molar-refractivity contribution in [2.24, 2.45) is 7.05 Å². The number of aryl methyl sites for hydroxylation is 1. The van der Waals surface area contributed by atoms with Gasteiger partial charge in [-0.2, -0.15) is 5.10 Å². The Bertz CT molecular complexity index is 397. The fraction of sp³-hybridized carbons (Fsp3) is 0.222. The predicted octanol–water partition coefficient (Wildman–Crippen LogP) is 2.33. The highest BCUT2D eigenvalue weighted by Gasteiger charge is 2.14. The van der Waals surface area contributed by atoms with Crippen LogP contribution in [0.1, 0.15) is 17.4 Å². The molecule has 0 aromatic carbocycles. The third kappa shape index (κ3) is 1.89. The number of hydrogen-bond acceptors (Lipinski definition) is 3. The van der Waals surface area contributed by atoms with Crippen LogP contribution in [0.4, 0.5) is 0 Å². The summed E-state index contributed by atoms with van der Waals surface area (Å²) in [6, 6.07) is 3.72. The van der Waals surface area contributed by atoms with E-state index < -0.39 is 6.10 Å². The van der Waals surface area contributed by atoms with Crippen molar-refractivity contribution in [2.75, 3.05) is 0 Å². The van der Waals surface area contributed by atoms with E-state index in [1.165, 1.54) is 0 Å². The number of aliphatic hydroxyl groups excluding tert-OH is 1. The van der Waals surface area contributed by atoms with Gasteiger partial charge in [0.05, 0.1) is 9.48 Å². The molecule has 3 nitrogen and oxygen atoms in total. The molecular formula is C9H9BrN2OS. The lowest BCUT2D eigenvalue weighted by atomic mass is 10.1. The van der Waals surface area contributed by atoms with Crippen molar-refractivity contribution in [1.29, 1.82) is 0 Å². The Morgan fingerprint density at radius 2 is 2.43 bits per heavy atom. The van der Waals surface area contributed by atoms with Gasteiger partial charge in [0.25, 0.3) is 0 Å². The first-order valence-electron chi connectivity index (χ1n) is 4.08. The average Bonchev–Trinajstić information content (AvgIpc) is 2.73. The van der Waals surface area contributed by atoms with Crippen LogP contribution in [0.5, 0.6) is 0 Å². The van der Waals surface area contributed by atoms with E-state index in [-0.39, 0.29) is 0 Å². The molecule has 0 fully saturated rings. The topological polar surface area (TPSA) is 38.0 Å². The average molecular weight is 273 g/mol. The summed E-state index contributed by atoms with van der Waals surface area (Å²) in [5, 5.41) is 16.0. The highest BCUT2D eigenvalue weighted by atomic mass is 79.9. The Morgan fingerprint density at radius 3 is 2.93 bits per heavy atom. The number of thiophene rings is 1. The maximum atomic E-state index is 9.93. The summed E-state index contributed by atoms with van der Waals surface area (Å²) in [7, 11) is 1.83. The first kappa shape index (κ1) is 9.89. The van der Waals surface area contributed by atoms with Crippen molar-refractivity contribution in [3.63, 3.8) is 0 Å². The molecule has 0 aliphatic carbocycles.